The zero-order valence-corrected chi connectivity index (χ0v) is 15.0. The van der Waals surface area contributed by atoms with E-state index >= 15 is 0 Å². The van der Waals surface area contributed by atoms with Crippen LogP contribution >= 0.6 is 11.6 Å². The Balaban J connectivity index is 2.15. The molecule has 0 spiro atoms. The summed E-state index contributed by atoms with van der Waals surface area (Å²) in [5.41, 5.74) is 5.46. The molecule has 0 amide bonds. The smallest absolute Gasteiger partial charge is 0.337 e. The van der Waals surface area contributed by atoms with Crippen LogP contribution in [0.25, 0.3) is 11.3 Å². The number of phenols is 1. The van der Waals surface area contributed by atoms with Gasteiger partial charge in [0.1, 0.15) is 5.75 Å². The molecule has 5 heteroatoms. The number of hydrogen-bond donors (Lipinski definition) is 2. The number of methoxy groups -OCH3 is 1. The number of allylic oxidation sites excluding steroid dienone is 1. The van der Waals surface area contributed by atoms with Gasteiger partial charge >= 0.3 is 5.97 Å². The highest BCUT2D eigenvalue weighted by Gasteiger charge is 2.21. The molecular weight excluding hydrogens is 338 g/mol. The van der Waals surface area contributed by atoms with Crippen molar-refractivity contribution < 1.29 is 14.6 Å². The Labute approximate surface area is 152 Å². The van der Waals surface area contributed by atoms with Gasteiger partial charge in [-0.1, -0.05) is 17.7 Å². The second-order valence-corrected chi connectivity index (χ2v) is 6.42. The van der Waals surface area contributed by atoms with Crippen LogP contribution in [0.2, 0.25) is 5.02 Å². The van der Waals surface area contributed by atoms with E-state index in [2.05, 4.69) is 5.32 Å². The van der Waals surface area contributed by atoms with Crippen molar-refractivity contribution in [3.05, 3.63) is 63.7 Å². The van der Waals surface area contributed by atoms with Crippen LogP contribution in [0.5, 0.6) is 5.75 Å². The molecule has 0 unspecified atom stereocenters. The summed E-state index contributed by atoms with van der Waals surface area (Å²) in [6.45, 7) is 0. The Morgan fingerprint density at radius 3 is 2.60 bits per heavy atom. The molecule has 1 aliphatic carbocycles. The van der Waals surface area contributed by atoms with Crippen molar-refractivity contribution in [1.29, 1.82) is 0 Å². The molecular formula is C20H20ClNO3. The Hall–Kier alpha value is -2.46. The first-order chi connectivity index (χ1) is 12.0. The number of ether oxygens (including phenoxy) is 1. The molecule has 0 aliphatic heterocycles. The van der Waals surface area contributed by atoms with Crippen LogP contribution in [0.1, 0.15) is 39.9 Å². The molecule has 130 valence electrons. The van der Waals surface area contributed by atoms with E-state index in [0.29, 0.717) is 10.6 Å². The minimum absolute atomic E-state index is 0.171. The van der Waals surface area contributed by atoms with Crippen LogP contribution in [-0.4, -0.2) is 25.2 Å². The van der Waals surface area contributed by atoms with Crippen LogP contribution in [-0.2, 0) is 11.2 Å². The maximum atomic E-state index is 11.8. The number of carbonyl (C=O) groups excluding carboxylic acids is 1. The number of rotatable bonds is 3. The van der Waals surface area contributed by atoms with Crippen LogP contribution in [0.3, 0.4) is 0 Å². The van der Waals surface area contributed by atoms with E-state index in [9.17, 15) is 9.90 Å². The summed E-state index contributed by atoms with van der Waals surface area (Å²) >= 11 is 5.96. The molecule has 2 aromatic rings. The lowest BCUT2D eigenvalue weighted by Gasteiger charge is -2.16. The molecule has 1 aliphatic rings. The monoisotopic (exact) mass is 357 g/mol. The molecule has 0 atom stereocenters. The summed E-state index contributed by atoms with van der Waals surface area (Å²) in [5.74, 6) is -0.164. The molecule has 0 radical (unpaired) electrons. The maximum Gasteiger partial charge on any atom is 0.337 e. The van der Waals surface area contributed by atoms with E-state index in [-0.39, 0.29) is 11.7 Å². The van der Waals surface area contributed by atoms with E-state index in [1.807, 2.05) is 25.2 Å². The highest BCUT2D eigenvalue weighted by Crippen LogP contribution is 2.38. The second kappa shape index (κ2) is 7.19. The molecule has 3 rings (SSSR count). The van der Waals surface area contributed by atoms with Gasteiger partial charge < -0.3 is 15.2 Å². The molecule has 2 N–H and O–H groups in total. The number of aryl methyl sites for hydroxylation is 1. The average Bonchev–Trinajstić information content (AvgIpc) is 2.79. The van der Waals surface area contributed by atoms with Crippen molar-refractivity contribution in [2.24, 2.45) is 0 Å². The van der Waals surface area contributed by atoms with E-state index in [4.69, 9.17) is 16.3 Å². The largest absolute Gasteiger partial charge is 0.507 e. The molecule has 0 saturated heterocycles. The first-order valence-electron chi connectivity index (χ1n) is 8.16. The second-order valence-electron chi connectivity index (χ2n) is 5.98. The summed E-state index contributed by atoms with van der Waals surface area (Å²) < 4.78 is 4.82. The molecule has 0 heterocycles. The van der Waals surface area contributed by atoms with Crippen molar-refractivity contribution in [3.63, 3.8) is 0 Å². The third kappa shape index (κ3) is 3.35. The molecule has 0 bridgehead atoms. The van der Waals surface area contributed by atoms with Crippen LogP contribution in [0, 0.1) is 0 Å². The van der Waals surface area contributed by atoms with Gasteiger partial charge in [0.2, 0.25) is 0 Å². The lowest BCUT2D eigenvalue weighted by molar-refractivity contribution is 0.0600. The number of aromatic hydroxyl groups is 1. The van der Waals surface area contributed by atoms with Crippen molar-refractivity contribution in [1.82, 2.24) is 5.32 Å². The molecule has 2 aromatic carbocycles. The SMILES string of the molecule is CNC1=C(c2ccc(Cl)cc2O)CCCc2cc(C(=O)OC)ccc21. The zero-order chi connectivity index (χ0) is 18.0. The van der Waals surface area contributed by atoms with Gasteiger partial charge in [-0.05, 0) is 60.7 Å². The number of benzene rings is 2. The number of hydrogen-bond acceptors (Lipinski definition) is 4. The summed E-state index contributed by atoms with van der Waals surface area (Å²) in [4.78, 5) is 11.8. The molecule has 0 fully saturated rings. The third-order valence-corrected chi connectivity index (χ3v) is 4.74. The van der Waals surface area contributed by atoms with Gasteiger partial charge in [-0.25, -0.2) is 4.79 Å². The minimum Gasteiger partial charge on any atom is -0.507 e. The standard InChI is InChI=1S/C20H20ClNO3/c1-22-19-15-8-6-13(20(24)25-2)10-12(15)4-3-5-17(19)16-9-7-14(21)11-18(16)23/h6-11,22-23H,3-5H2,1-2H3. The fourth-order valence-corrected chi connectivity index (χ4v) is 3.51. The quantitative estimate of drug-likeness (QED) is 0.806. The summed E-state index contributed by atoms with van der Waals surface area (Å²) in [6, 6.07) is 10.8. The molecule has 4 nitrogen and oxygen atoms in total. The Morgan fingerprint density at radius 1 is 1.16 bits per heavy atom. The average molecular weight is 358 g/mol. The lowest BCUT2D eigenvalue weighted by Crippen LogP contribution is -2.10. The predicted molar refractivity (Wildman–Crippen MR) is 99.7 cm³/mol. The van der Waals surface area contributed by atoms with Crippen molar-refractivity contribution in [2.75, 3.05) is 14.2 Å². The number of phenolic OH excluding ortho intramolecular Hbond substituents is 1. The number of carbonyl (C=O) groups is 1. The van der Waals surface area contributed by atoms with Gasteiger partial charge in [-0.3, -0.25) is 0 Å². The van der Waals surface area contributed by atoms with Crippen LogP contribution < -0.4 is 5.32 Å². The normalized spacial score (nSPS) is 13.9. The summed E-state index contributed by atoms with van der Waals surface area (Å²) in [7, 11) is 3.25. The molecule has 0 aromatic heterocycles. The Kier molecular flexibility index (Phi) is 5.00. The number of halogens is 1. The van der Waals surface area contributed by atoms with Crippen molar-refractivity contribution >= 4 is 28.8 Å². The minimum atomic E-state index is -0.336. The van der Waals surface area contributed by atoms with Crippen LogP contribution in [0.4, 0.5) is 0 Å². The highest BCUT2D eigenvalue weighted by atomic mass is 35.5. The van der Waals surface area contributed by atoms with Gasteiger partial charge in [0.15, 0.2) is 0 Å². The fourth-order valence-electron chi connectivity index (χ4n) is 3.35. The first-order valence-corrected chi connectivity index (χ1v) is 8.54. The van der Waals surface area contributed by atoms with Gasteiger partial charge in [0.25, 0.3) is 0 Å². The third-order valence-electron chi connectivity index (χ3n) is 4.51. The van der Waals surface area contributed by atoms with Gasteiger partial charge in [0, 0.05) is 28.9 Å². The van der Waals surface area contributed by atoms with Crippen LogP contribution in [0.15, 0.2) is 36.4 Å². The number of nitrogens with one attached hydrogen (secondary N) is 1. The first kappa shape index (κ1) is 17.4. The molecule has 25 heavy (non-hydrogen) atoms. The predicted octanol–water partition coefficient (Wildman–Crippen LogP) is 4.26. The Morgan fingerprint density at radius 2 is 1.92 bits per heavy atom. The van der Waals surface area contributed by atoms with E-state index in [1.165, 1.54) is 7.11 Å². The van der Waals surface area contributed by atoms with E-state index in [1.54, 1.807) is 18.2 Å². The van der Waals surface area contributed by atoms with Crippen molar-refractivity contribution in [2.45, 2.75) is 19.3 Å². The topological polar surface area (TPSA) is 58.6 Å². The summed E-state index contributed by atoms with van der Waals surface area (Å²) in [5, 5.41) is 14.1. The maximum absolute atomic E-state index is 11.8. The zero-order valence-electron chi connectivity index (χ0n) is 14.2. The fraction of sp³-hybridized carbons (Fsp3) is 0.250. The van der Waals surface area contributed by atoms with Gasteiger partial charge in [0.05, 0.1) is 12.7 Å². The number of esters is 1. The van der Waals surface area contributed by atoms with Gasteiger partial charge in [-0.15, -0.1) is 0 Å². The highest BCUT2D eigenvalue weighted by molar-refractivity contribution is 6.30. The lowest BCUT2D eigenvalue weighted by atomic mass is 9.96. The van der Waals surface area contributed by atoms with Crippen molar-refractivity contribution in [3.8, 4) is 5.75 Å². The van der Waals surface area contributed by atoms with Gasteiger partial charge in [-0.2, -0.15) is 0 Å². The number of fused-ring (bicyclic) bond motifs is 1. The van der Waals surface area contributed by atoms with E-state index in [0.717, 1.165) is 47.2 Å². The summed E-state index contributed by atoms with van der Waals surface area (Å²) in [6.07, 6.45) is 2.58. The molecule has 0 saturated carbocycles. The van der Waals surface area contributed by atoms with E-state index < -0.39 is 0 Å². The Bertz CT molecular complexity index is 858.